The summed E-state index contributed by atoms with van der Waals surface area (Å²) < 4.78 is 19.3. The fraction of sp³-hybridized carbons (Fsp3) is 0.278. The van der Waals surface area contributed by atoms with Gasteiger partial charge in [-0.3, -0.25) is 0 Å². The topological polar surface area (TPSA) is 44.8 Å². The third-order valence-corrected chi connectivity index (χ3v) is 4.64. The standard InChI is InChI=1S/C18H18Cl2FN3O2/c19-13-5-6-17(14(20)11-13)26-12-22-18(25)24-9-7-23(8-10-24)16-4-2-1-3-15(16)21/h1-6,11H,7-10,12H2,(H,22,25). The van der Waals surface area contributed by atoms with E-state index in [2.05, 4.69) is 5.32 Å². The summed E-state index contributed by atoms with van der Waals surface area (Å²) in [6, 6.07) is 11.3. The second-order valence-electron chi connectivity index (χ2n) is 5.77. The second-order valence-corrected chi connectivity index (χ2v) is 6.61. The Balaban J connectivity index is 1.46. The monoisotopic (exact) mass is 397 g/mol. The van der Waals surface area contributed by atoms with Crippen LogP contribution < -0.4 is 15.0 Å². The summed E-state index contributed by atoms with van der Waals surface area (Å²) in [5.41, 5.74) is 0.563. The van der Waals surface area contributed by atoms with Crippen molar-refractivity contribution in [3.8, 4) is 5.75 Å². The molecule has 0 aliphatic carbocycles. The van der Waals surface area contributed by atoms with E-state index in [-0.39, 0.29) is 18.6 Å². The van der Waals surface area contributed by atoms with Crippen molar-refractivity contribution < 1.29 is 13.9 Å². The van der Waals surface area contributed by atoms with Crippen molar-refractivity contribution in [1.82, 2.24) is 10.2 Å². The minimum absolute atomic E-state index is 0.00624. The Labute approximate surface area is 161 Å². The van der Waals surface area contributed by atoms with Gasteiger partial charge in [0.25, 0.3) is 0 Å². The van der Waals surface area contributed by atoms with Crippen molar-refractivity contribution in [1.29, 1.82) is 0 Å². The number of ether oxygens (including phenoxy) is 1. The number of piperazine rings is 1. The number of nitrogens with one attached hydrogen (secondary N) is 1. The Morgan fingerprint density at radius 1 is 1.12 bits per heavy atom. The lowest BCUT2D eigenvalue weighted by Gasteiger charge is -2.36. The first kappa shape index (κ1) is 18.6. The van der Waals surface area contributed by atoms with Crippen LogP contribution in [0.4, 0.5) is 14.9 Å². The molecule has 26 heavy (non-hydrogen) atoms. The first-order valence-electron chi connectivity index (χ1n) is 8.14. The lowest BCUT2D eigenvalue weighted by Crippen LogP contribution is -2.52. The molecule has 1 aliphatic rings. The van der Waals surface area contributed by atoms with E-state index in [1.165, 1.54) is 6.07 Å². The largest absolute Gasteiger partial charge is 0.472 e. The molecule has 3 rings (SSSR count). The minimum Gasteiger partial charge on any atom is -0.472 e. The minimum atomic E-state index is -0.251. The molecule has 2 aromatic rings. The normalized spacial score (nSPS) is 14.3. The Morgan fingerprint density at radius 2 is 1.85 bits per heavy atom. The maximum atomic E-state index is 13.8. The van der Waals surface area contributed by atoms with Gasteiger partial charge in [-0.2, -0.15) is 0 Å². The van der Waals surface area contributed by atoms with E-state index in [1.54, 1.807) is 41.3 Å². The number of amides is 2. The van der Waals surface area contributed by atoms with Crippen molar-refractivity contribution in [3.63, 3.8) is 0 Å². The summed E-state index contributed by atoms with van der Waals surface area (Å²) in [4.78, 5) is 15.8. The summed E-state index contributed by atoms with van der Waals surface area (Å²) in [6.45, 7) is 2.13. The maximum Gasteiger partial charge on any atom is 0.320 e. The lowest BCUT2D eigenvalue weighted by molar-refractivity contribution is 0.181. The Kier molecular flexibility index (Phi) is 6.06. The van der Waals surface area contributed by atoms with Crippen molar-refractivity contribution in [2.75, 3.05) is 37.8 Å². The zero-order chi connectivity index (χ0) is 18.5. The molecule has 5 nitrogen and oxygen atoms in total. The number of urea groups is 1. The molecule has 0 aromatic heterocycles. The highest BCUT2D eigenvalue weighted by Crippen LogP contribution is 2.27. The zero-order valence-electron chi connectivity index (χ0n) is 13.9. The molecule has 0 spiro atoms. The average molecular weight is 398 g/mol. The van der Waals surface area contributed by atoms with Crippen LogP contribution in [0.1, 0.15) is 0 Å². The fourth-order valence-corrected chi connectivity index (χ4v) is 3.20. The third kappa shape index (κ3) is 4.51. The number of carbonyl (C=O) groups is 1. The van der Waals surface area contributed by atoms with Crippen LogP contribution >= 0.6 is 23.2 Å². The number of rotatable bonds is 4. The average Bonchev–Trinajstić information content (AvgIpc) is 2.64. The van der Waals surface area contributed by atoms with Gasteiger partial charge in [0.2, 0.25) is 0 Å². The highest BCUT2D eigenvalue weighted by atomic mass is 35.5. The maximum absolute atomic E-state index is 13.8. The molecular formula is C18H18Cl2FN3O2. The number of carbonyl (C=O) groups excluding carboxylic acids is 1. The van der Waals surface area contributed by atoms with Crippen molar-refractivity contribution in [3.05, 3.63) is 58.3 Å². The number of anilines is 1. The van der Waals surface area contributed by atoms with Crippen molar-refractivity contribution >= 4 is 34.9 Å². The number of hydrogen-bond donors (Lipinski definition) is 1. The van der Waals surface area contributed by atoms with E-state index in [1.807, 2.05) is 4.90 Å². The highest BCUT2D eigenvalue weighted by molar-refractivity contribution is 6.35. The third-order valence-electron chi connectivity index (χ3n) is 4.11. The molecule has 138 valence electrons. The number of nitrogens with zero attached hydrogens (tertiary/aromatic N) is 2. The molecule has 2 aromatic carbocycles. The van der Waals surface area contributed by atoms with Crippen LogP contribution in [0.5, 0.6) is 5.75 Å². The smallest absolute Gasteiger partial charge is 0.320 e. The molecule has 0 saturated carbocycles. The summed E-state index contributed by atoms with van der Waals surface area (Å²) in [7, 11) is 0. The van der Waals surface area contributed by atoms with Gasteiger partial charge >= 0.3 is 6.03 Å². The van der Waals surface area contributed by atoms with E-state index < -0.39 is 0 Å². The van der Waals surface area contributed by atoms with E-state index in [4.69, 9.17) is 27.9 Å². The van der Waals surface area contributed by atoms with E-state index in [0.717, 1.165) is 0 Å². The summed E-state index contributed by atoms with van der Waals surface area (Å²) in [5.74, 6) is 0.194. The van der Waals surface area contributed by atoms with Crippen LogP contribution in [-0.2, 0) is 0 Å². The quantitative estimate of drug-likeness (QED) is 0.792. The van der Waals surface area contributed by atoms with Crippen LogP contribution in [-0.4, -0.2) is 43.8 Å². The Morgan fingerprint density at radius 3 is 2.54 bits per heavy atom. The van der Waals surface area contributed by atoms with Gasteiger partial charge in [0, 0.05) is 31.2 Å². The molecule has 1 N–H and O–H groups in total. The summed E-state index contributed by atoms with van der Waals surface area (Å²) >= 11 is 11.8. The number of para-hydroxylation sites is 1. The Hall–Kier alpha value is -2.18. The first-order valence-corrected chi connectivity index (χ1v) is 8.90. The number of halogens is 3. The number of benzene rings is 2. The Bertz CT molecular complexity index is 783. The van der Waals surface area contributed by atoms with Crippen LogP contribution in [0.2, 0.25) is 10.0 Å². The van der Waals surface area contributed by atoms with Gasteiger partial charge < -0.3 is 19.9 Å². The van der Waals surface area contributed by atoms with E-state index in [0.29, 0.717) is 47.7 Å². The van der Waals surface area contributed by atoms with Gasteiger partial charge in [0.1, 0.15) is 11.6 Å². The van der Waals surface area contributed by atoms with Gasteiger partial charge in [-0.1, -0.05) is 35.3 Å². The highest BCUT2D eigenvalue weighted by Gasteiger charge is 2.22. The first-order chi connectivity index (χ1) is 12.5. The van der Waals surface area contributed by atoms with Crippen molar-refractivity contribution in [2.24, 2.45) is 0 Å². The van der Waals surface area contributed by atoms with Crippen LogP contribution in [0.3, 0.4) is 0 Å². The predicted molar refractivity (Wildman–Crippen MR) is 101 cm³/mol. The van der Waals surface area contributed by atoms with Gasteiger partial charge in [-0.05, 0) is 30.3 Å². The molecule has 2 amide bonds. The summed E-state index contributed by atoms with van der Waals surface area (Å²) in [5, 5.41) is 3.58. The molecule has 0 atom stereocenters. The molecule has 8 heteroatoms. The molecular weight excluding hydrogens is 380 g/mol. The molecule has 1 saturated heterocycles. The molecule has 0 radical (unpaired) electrons. The van der Waals surface area contributed by atoms with Gasteiger partial charge in [0.15, 0.2) is 6.73 Å². The lowest BCUT2D eigenvalue weighted by atomic mass is 10.2. The van der Waals surface area contributed by atoms with Gasteiger partial charge in [0.05, 0.1) is 10.7 Å². The van der Waals surface area contributed by atoms with Gasteiger partial charge in [-0.25, -0.2) is 9.18 Å². The molecule has 0 bridgehead atoms. The van der Waals surface area contributed by atoms with E-state index in [9.17, 15) is 9.18 Å². The zero-order valence-corrected chi connectivity index (χ0v) is 15.4. The van der Waals surface area contributed by atoms with Crippen molar-refractivity contribution in [2.45, 2.75) is 0 Å². The van der Waals surface area contributed by atoms with Crippen LogP contribution in [0, 0.1) is 5.82 Å². The molecule has 1 aliphatic heterocycles. The SMILES string of the molecule is O=C(NCOc1ccc(Cl)cc1Cl)N1CCN(c2ccccc2F)CC1. The van der Waals surface area contributed by atoms with Gasteiger partial charge in [-0.15, -0.1) is 0 Å². The van der Waals surface area contributed by atoms with Crippen LogP contribution in [0.15, 0.2) is 42.5 Å². The fourth-order valence-electron chi connectivity index (χ4n) is 2.74. The molecule has 0 unspecified atom stereocenters. The van der Waals surface area contributed by atoms with Crippen LogP contribution in [0.25, 0.3) is 0 Å². The number of hydrogen-bond acceptors (Lipinski definition) is 3. The predicted octanol–water partition coefficient (Wildman–Crippen LogP) is 4.00. The summed E-state index contributed by atoms with van der Waals surface area (Å²) in [6.07, 6.45) is 0. The molecule has 1 fully saturated rings. The molecule has 1 heterocycles. The second kappa shape index (κ2) is 8.47. The van der Waals surface area contributed by atoms with E-state index >= 15 is 0 Å².